The molecule has 0 bridgehead atoms. The van der Waals surface area contributed by atoms with E-state index >= 15 is 0 Å². The highest BCUT2D eigenvalue weighted by atomic mass is 79.9. The number of carbonyl (C=O) groups is 1. The third-order valence-corrected chi connectivity index (χ3v) is 3.11. The van der Waals surface area contributed by atoms with Crippen LogP contribution in [0.15, 0.2) is 46.9 Å². The third-order valence-electron chi connectivity index (χ3n) is 2.65. The lowest BCUT2D eigenvalue weighted by molar-refractivity contribution is -0.137. The molecule has 0 aliphatic heterocycles. The van der Waals surface area contributed by atoms with Crippen molar-refractivity contribution in [3.05, 3.63) is 58.1 Å². The minimum absolute atomic E-state index is 0.270. The second-order valence-electron chi connectivity index (χ2n) is 4.30. The number of halogens is 4. The van der Waals surface area contributed by atoms with E-state index in [0.29, 0.717) is 15.7 Å². The van der Waals surface area contributed by atoms with Crippen LogP contribution >= 0.6 is 15.9 Å². The van der Waals surface area contributed by atoms with E-state index in [1.165, 1.54) is 18.2 Å². The van der Waals surface area contributed by atoms with Gasteiger partial charge in [0.15, 0.2) is 0 Å². The summed E-state index contributed by atoms with van der Waals surface area (Å²) in [6.07, 6.45) is -4.40. The number of hydrogen-bond donors (Lipinski definition) is 2. The molecule has 1 amide bonds. The number of nitrogens with one attached hydrogen (secondary N) is 1. The molecule has 0 spiro atoms. The van der Waals surface area contributed by atoms with Crippen molar-refractivity contribution >= 4 is 33.2 Å². The van der Waals surface area contributed by atoms with Crippen molar-refractivity contribution in [2.24, 2.45) is 0 Å². The maximum Gasteiger partial charge on any atom is 0.416 e. The average Bonchev–Trinajstić information content (AvgIpc) is 2.37. The van der Waals surface area contributed by atoms with Crippen molar-refractivity contribution in [1.82, 2.24) is 0 Å². The van der Waals surface area contributed by atoms with E-state index in [9.17, 15) is 18.0 Å². The van der Waals surface area contributed by atoms with E-state index in [-0.39, 0.29) is 5.69 Å². The highest BCUT2D eigenvalue weighted by Crippen LogP contribution is 2.30. The number of hydrogen-bond acceptors (Lipinski definition) is 2. The van der Waals surface area contributed by atoms with Crippen LogP contribution in [-0.2, 0) is 6.18 Å². The Morgan fingerprint density at radius 3 is 2.24 bits per heavy atom. The van der Waals surface area contributed by atoms with Crippen LogP contribution in [0.25, 0.3) is 0 Å². The molecule has 7 heteroatoms. The molecule has 0 saturated carbocycles. The number of nitrogens with two attached hydrogens (primary N) is 1. The predicted octanol–water partition coefficient (Wildman–Crippen LogP) is 4.30. The third kappa shape index (κ3) is 3.98. The van der Waals surface area contributed by atoms with Gasteiger partial charge in [-0.15, -0.1) is 0 Å². The van der Waals surface area contributed by atoms with E-state index in [4.69, 9.17) is 5.73 Å². The SMILES string of the molecule is Nc1cc(Br)cc(C(=O)Nc2ccc(C(F)(F)F)cc2)c1. The van der Waals surface area contributed by atoms with Crippen molar-refractivity contribution in [3.8, 4) is 0 Å². The Balaban J connectivity index is 2.16. The Hall–Kier alpha value is -2.02. The van der Waals surface area contributed by atoms with Gasteiger partial charge >= 0.3 is 6.18 Å². The molecule has 21 heavy (non-hydrogen) atoms. The zero-order valence-corrected chi connectivity index (χ0v) is 12.1. The van der Waals surface area contributed by atoms with E-state index in [0.717, 1.165) is 12.1 Å². The summed E-state index contributed by atoms with van der Waals surface area (Å²) in [4.78, 5) is 12.0. The lowest BCUT2D eigenvalue weighted by Crippen LogP contribution is -2.12. The maximum atomic E-state index is 12.4. The van der Waals surface area contributed by atoms with E-state index in [1.54, 1.807) is 12.1 Å². The van der Waals surface area contributed by atoms with Crippen molar-refractivity contribution in [3.63, 3.8) is 0 Å². The summed E-state index contributed by atoms with van der Waals surface area (Å²) < 4.78 is 37.9. The maximum absolute atomic E-state index is 12.4. The Labute approximate surface area is 127 Å². The summed E-state index contributed by atoms with van der Waals surface area (Å²) in [5, 5.41) is 2.51. The van der Waals surface area contributed by atoms with Gasteiger partial charge in [0, 0.05) is 21.4 Å². The summed E-state index contributed by atoms with van der Waals surface area (Å²) in [5.41, 5.74) is 5.83. The van der Waals surface area contributed by atoms with Crippen LogP contribution in [-0.4, -0.2) is 5.91 Å². The Morgan fingerprint density at radius 1 is 1.10 bits per heavy atom. The molecule has 0 fully saturated rings. The van der Waals surface area contributed by atoms with Crippen molar-refractivity contribution in [2.75, 3.05) is 11.1 Å². The van der Waals surface area contributed by atoms with Crippen LogP contribution in [0.3, 0.4) is 0 Å². The highest BCUT2D eigenvalue weighted by molar-refractivity contribution is 9.10. The van der Waals surface area contributed by atoms with Gasteiger partial charge in [-0.1, -0.05) is 15.9 Å². The van der Waals surface area contributed by atoms with Gasteiger partial charge in [-0.2, -0.15) is 13.2 Å². The lowest BCUT2D eigenvalue weighted by atomic mass is 10.1. The summed E-state index contributed by atoms with van der Waals surface area (Å²) in [6, 6.07) is 8.88. The number of alkyl halides is 3. The first-order chi connectivity index (χ1) is 9.75. The van der Waals surface area contributed by atoms with Crippen molar-refractivity contribution < 1.29 is 18.0 Å². The Bertz CT molecular complexity index is 649. The summed E-state index contributed by atoms with van der Waals surface area (Å²) in [6.45, 7) is 0. The van der Waals surface area contributed by atoms with Crippen LogP contribution in [0.2, 0.25) is 0 Å². The molecule has 110 valence electrons. The molecular formula is C14H10BrF3N2O. The van der Waals surface area contributed by atoms with Crippen LogP contribution < -0.4 is 11.1 Å². The molecule has 0 radical (unpaired) electrons. The minimum Gasteiger partial charge on any atom is -0.399 e. The van der Waals surface area contributed by atoms with E-state index in [2.05, 4.69) is 21.2 Å². The van der Waals surface area contributed by atoms with Crippen LogP contribution in [0.4, 0.5) is 24.5 Å². The first-order valence-electron chi connectivity index (χ1n) is 5.80. The molecule has 0 heterocycles. The normalized spacial score (nSPS) is 11.2. The number of rotatable bonds is 2. The zero-order chi connectivity index (χ0) is 15.6. The van der Waals surface area contributed by atoms with Gasteiger partial charge in [-0.25, -0.2) is 0 Å². The molecule has 3 N–H and O–H groups in total. The predicted molar refractivity (Wildman–Crippen MR) is 78.0 cm³/mol. The lowest BCUT2D eigenvalue weighted by Gasteiger charge is -2.09. The number of amides is 1. The molecule has 0 unspecified atom stereocenters. The Kier molecular flexibility index (Phi) is 4.22. The van der Waals surface area contributed by atoms with Gasteiger partial charge in [-0.05, 0) is 42.5 Å². The molecule has 0 atom stereocenters. The second kappa shape index (κ2) is 5.77. The fourth-order valence-electron chi connectivity index (χ4n) is 1.69. The molecule has 0 saturated heterocycles. The Morgan fingerprint density at radius 2 is 1.71 bits per heavy atom. The molecule has 3 nitrogen and oxygen atoms in total. The number of carbonyl (C=O) groups excluding carboxylic acids is 1. The van der Waals surface area contributed by atoms with Crippen LogP contribution in [0.1, 0.15) is 15.9 Å². The topological polar surface area (TPSA) is 55.1 Å². The summed E-state index contributed by atoms with van der Waals surface area (Å²) in [7, 11) is 0. The van der Waals surface area contributed by atoms with Crippen molar-refractivity contribution in [2.45, 2.75) is 6.18 Å². The fraction of sp³-hybridized carbons (Fsp3) is 0.0714. The van der Waals surface area contributed by atoms with E-state index < -0.39 is 17.6 Å². The second-order valence-corrected chi connectivity index (χ2v) is 5.22. The number of anilines is 2. The van der Waals surface area contributed by atoms with Gasteiger partial charge in [0.2, 0.25) is 0 Å². The smallest absolute Gasteiger partial charge is 0.399 e. The van der Waals surface area contributed by atoms with Crippen LogP contribution in [0, 0.1) is 0 Å². The first-order valence-corrected chi connectivity index (χ1v) is 6.60. The van der Waals surface area contributed by atoms with Crippen molar-refractivity contribution in [1.29, 1.82) is 0 Å². The highest BCUT2D eigenvalue weighted by Gasteiger charge is 2.29. The van der Waals surface area contributed by atoms with Crippen LogP contribution in [0.5, 0.6) is 0 Å². The molecule has 2 rings (SSSR count). The standard InChI is InChI=1S/C14H10BrF3N2O/c15-10-5-8(6-11(19)7-10)13(21)20-12-3-1-9(2-4-12)14(16,17)18/h1-7H,19H2,(H,20,21). The molecule has 2 aromatic carbocycles. The molecule has 0 aromatic heterocycles. The number of benzene rings is 2. The van der Waals surface area contributed by atoms with Gasteiger partial charge in [-0.3, -0.25) is 4.79 Å². The zero-order valence-electron chi connectivity index (χ0n) is 10.5. The van der Waals surface area contributed by atoms with E-state index in [1.807, 2.05) is 0 Å². The molecule has 2 aromatic rings. The summed E-state index contributed by atoms with van der Waals surface area (Å²) in [5.74, 6) is -0.456. The minimum atomic E-state index is -4.40. The number of nitrogen functional groups attached to an aromatic ring is 1. The van der Waals surface area contributed by atoms with Gasteiger partial charge in [0.1, 0.15) is 0 Å². The van der Waals surface area contributed by atoms with Gasteiger partial charge < -0.3 is 11.1 Å². The monoisotopic (exact) mass is 358 g/mol. The quantitative estimate of drug-likeness (QED) is 0.786. The van der Waals surface area contributed by atoms with Gasteiger partial charge in [0.05, 0.1) is 5.56 Å². The van der Waals surface area contributed by atoms with Gasteiger partial charge in [0.25, 0.3) is 5.91 Å². The molecular weight excluding hydrogens is 349 g/mol. The molecule has 0 aliphatic rings. The largest absolute Gasteiger partial charge is 0.416 e. The average molecular weight is 359 g/mol. The molecule has 0 aliphatic carbocycles. The summed E-state index contributed by atoms with van der Waals surface area (Å²) >= 11 is 3.21. The first kappa shape index (κ1) is 15.4. The fourth-order valence-corrected chi connectivity index (χ4v) is 2.20.